The van der Waals surface area contributed by atoms with E-state index in [0.717, 1.165) is 40.7 Å². The number of aryl methyl sites for hydroxylation is 2. The highest BCUT2D eigenvalue weighted by atomic mass is 35.5. The number of rotatable bonds is 8. The van der Waals surface area contributed by atoms with E-state index >= 15 is 0 Å². The summed E-state index contributed by atoms with van der Waals surface area (Å²) in [7, 11) is 0. The molecule has 3 rings (SSSR count). The van der Waals surface area contributed by atoms with E-state index in [1.54, 1.807) is 6.92 Å². The Morgan fingerprint density at radius 2 is 1.76 bits per heavy atom. The lowest BCUT2D eigenvalue weighted by molar-refractivity contribution is -0.207. The van der Waals surface area contributed by atoms with E-state index in [4.69, 9.17) is 25.8 Å². The van der Waals surface area contributed by atoms with Crippen LogP contribution in [0.15, 0.2) is 36.4 Å². The Bertz CT molecular complexity index is 983. The molecule has 1 aliphatic rings. The van der Waals surface area contributed by atoms with Crippen molar-refractivity contribution in [3.63, 3.8) is 0 Å². The van der Waals surface area contributed by atoms with E-state index in [1.807, 2.05) is 51.1 Å². The highest BCUT2D eigenvalue weighted by Crippen LogP contribution is 2.36. The van der Waals surface area contributed by atoms with Gasteiger partial charge in [0.25, 0.3) is 0 Å². The van der Waals surface area contributed by atoms with E-state index < -0.39 is 23.6 Å². The van der Waals surface area contributed by atoms with Crippen LogP contribution in [-0.4, -0.2) is 36.9 Å². The minimum Gasteiger partial charge on any atom is -0.463 e. The summed E-state index contributed by atoms with van der Waals surface area (Å²) in [4.78, 5) is 26.1. The molecule has 0 radical (unpaired) electrons. The monoisotopic (exact) mass is 472 g/mol. The third kappa shape index (κ3) is 5.77. The summed E-state index contributed by atoms with van der Waals surface area (Å²) < 4.78 is 17.1. The summed E-state index contributed by atoms with van der Waals surface area (Å²) in [6.07, 6.45) is 2.36. The molecule has 2 unspecified atom stereocenters. The molecule has 0 saturated heterocycles. The van der Waals surface area contributed by atoms with Gasteiger partial charge in [-0.25, -0.2) is 4.79 Å². The number of hydrogen-bond acceptors (Lipinski definition) is 5. The molecule has 0 amide bonds. The largest absolute Gasteiger partial charge is 0.463 e. The standard InChI is InChI=1S/C27H33ClO5/c1-5-31-24-9-7-8-14-27(24,26(30)32-6-2)33-25(29)17-21-15-19(4)23(16-18(21)3)20-10-12-22(28)13-11-20/h10-13,15-16,24H,5-9,14,17H2,1-4H3. The van der Waals surface area contributed by atoms with Crippen molar-refractivity contribution < 1.29 is 23.8 Å². The van der Waals surface area contributed by atoms with Crippen LogP contribution in [0.3, 0.4) is 0 Å². The van der Waals surface area contributed by atoms with E-state index in [1.165, 1.54) is 0 Å². The van der Waals surface area contributed by atoms with Crippen molar-refractivity contribution in [3.8, 4) is 11.1 Å². The van der Waals surface area contributed by atoms with Crippen molar-refractivity contribution in [2.75, 3.05) is 13.2 Å². The predicted octanol–water partition coefficient (Wildman–Crippen LogP) is 5.99. The molecule has 1 fully saturated rings. The molecule has 178 valence electrons. The van der Waals surface area contributed by atoms with E-state index in [9.17, 15) is 9.59 Å². The summed E-state index contributed by atoms with van der Waals surface area (Å²) in [6.45, 7) is 8.28. The molecule has 1 aliphatic carbocycles. The first kappa shape index (κ1) is 25.3. The first-order chi connectivity index (χ1) is 15.8. The molecule has 1 saturated carbocycles. The molecule has 6 heteroatoms. The quantitative estimate of drug-likeness (QED) is 0.441. The molecule has 0 bridgehead atoms. The lowest BCUT2D eigenvalue weighted by Crippen LogP contribution is -2.56. The SMILES string of the molecule is CCOC(=O)C1(OC(=O)Cc2cc(C)c(-c3ccc(Cl)cc3)cc2C)CCCCC1OCC. The maximum absolute atomic E-state index is 13.1. The summed E-state index contributed by atoms with van der Waals surface area (Å²) in [5.74, 6) is -0.959. The van der Waals surface area contributed by atoms with Crippen LogP contribution >= 0.6 is 11.6 Å². The summed E-state index contributed by atoms with van der Waals surface area (Å²) in [5.41, 5.74) is 3.68. The lowest BCUT2D eigenvalue weighted by atomic mass is 9.81. The number of halogens is 1. The number of esters is 2. The smallest absolute Gasteiger partial charge is 0.353 e. The Labute approximate surface area is 201 Å². The van der Waals surface area contributed by atoms with Gasteiger partial charge in [-0.2, -0.15) is 0 Å². The Morgan fingerprint density at radius 1 is 1.03 bits per heavy atom. The summed E-state index contributed by atoms with van der Waals surface area (Å²) in [6, 6.07) is 11.8. The molecular formula is C27H33ClO5. The van der Waals surface area contributed by atoms with Crippen LogP contribution in [0.25, 0.3) is 11.1 Å². The van der Waals surface area contributed by atoms with Gasteiger partial charge in [0.05, 0.1) is 13.0 Å². The third-order valence-corrected chi connectivity index (χ3v) is 6.49. The Kier molecular flexibility index (Phi) is 8.55. The van der Waals surface area contributed by atoms with Crippen molar-refractivity contribution in [2.24, 2.45) is 0 Å². The van der Waals surface area contributed by atoms with Crippen LogP contribution in [0.5, 0.6) is 0 Å². The van der Waals surface area contributed by atoms with Crippen LogP contribution in [0.4, 0.5) is 0 Å². The molecule has 5 nitrogen and oxygen atoms in total. The van der Waals surface area contributed by atoms with Crippen molar-refractivity contribution in [3.05, 3.63) is 58.1 Å². The second-order valence-corrected chi connectivity index (χ2v) is 8.99. The minimum atomic E-state index is -1.38. The van der Waals surface area contributed by atoms with Gasteiger partial charge in [0.2, 0.25) is 5.60 Å². The second-order valence-electron chi connectivity index (χ2n) is 8.55. The highest BCUT2D eigenvalue weighted by molar-refractivity contribution is 6.30. The van der Waals surface area contributed by atoms with Crippen LogP contribution in [0.2, 0.25) is 5.02 Å². The zero-order valence-electron chi connectivity index (χ0n) is 19.9. The molecule has 2 aromatic carbocycles. The maximum Gasteiger partial charge on any atom is 0.353 e. The Morgan fingerprint density at radius 3 is 2.42 bits per heavy atom. The van der Waals surface area contributed by atoms with Crippen molar-refractivity contribution in [1.82, 2.24) is 0 Å². The summed E-state index contributed by atoms with van der Waals surface area (Å²) in [5, 5.41) is 0.691. The van der Waals surface area contributed by atoms with Gasteiger partial charge in [0.1, 0.15) is 6.10 Å². The van der Waals surface area contributed by atoms with Gasteiger partial charge in [-0.05, 0) is 80.5 Å². The topological polar surface area (TPSA) is 61.8 Å². The molecule has 0 aliphatic heterocycles. The molecule has 0 N–H and O–H groups in total. The van der Waals surface area contributed by atoms with Gasteiger partial charge >= 0.3 is 11.9 Å². The second kappa shape index (κ2) is 11.2. The number of benzene rings is 2. The maximum atomic E-state index is 13.1. The lowest BCUT2D eigenvalue weighted by Gasteiger charge is -2.40. The number of hydrogen-bond donors (Lipinski definition) is 0. The number of carbonyl (C=O) groups is 2. The molecule has 33 heavy (non-hydrogen) atoms. The van der Waals surface area contributed by atoms with Crippen molar-refractivity contribution in [2.45, 2.75) is 71.5 Å². The minimum absolute atomic E-state index is 0.0770. The average molecular weight is 473 g/mol. The van der Waals surface area contributed by atoms with Gasteiger partial charge in [0.15, 0.2) is 0 Å². The van der Waals surface area contributed by atoms with Gasteiger partial charge < -0.3 is 14.2 Å². The highest BCUT2D eigenvalue weighted by Gasteiger charge is 2.52. The fourth-order valence-corrected chi connectivity index (χ4v) is 4.70. The number of ether oxygens (including phenoxy) is 3. The molecule has 0 spiro atoms. The fraction of sp³-hybridized carbons (Fsp3) is 0.481. The third-order valence-electron chi connectivity index (χ3n) is 6.24. The van der Waals surface area contributed by atoms with Gasteiger partial charge in [-0.3, -0.25) is 4.79 Å². The van der Waals surface area contributed by atoms with Crippen molar-refractivity contribution >= 4 is 23.5 Å². The Hall–Kier alpha value is -2.37. The first-order valence-electron chi connectivity index (χ1n) is 11.7. The van der Waals surface area contributed by atoms with Gasteiger partial charge in [-0.15, -0.1) is 0 Å². The molecule has 0 aromatic heterocycles. The van der Waals surface area contributed by atoms with E-state index in [-0.39, 0.29) is 13.0 Å². The summed E-state index contributed by atoms with van der Waals surface area (Å²) >= 11 is 6.02. The van der Waals surface area contributed by atoms with E-state index in [2.05, 4.69) is 6.07 Å². The zero-order chi connectivity index (χ0) is 24.0. The molecule has 0 heterocycles. The van der Waals surface area contributed by atoms with Crippen LogP contribution in [0.1, 0.15) is 56.2 Å². The van der Waals surface area contributed by atoms with Gasteiger partial charge in [0, 0.05) is 18.1 Å². The van der Waals surface area contributed by atoms with Gasteiger partial charge in [-0.1, -0.05) is 42.3 Å². The van der Waals surface area contributed by atoms with Crippen LogP contribution < -0.4 is 0 Å². The average Bonchev–Trinajstić information content (AvgIpc) is 2.78. The van der Waals surface area contributed by atoms with E-state index in [0.29, 0.717) is 24.5 Å². The molecule has 2 aromatic rings. The predicted molar refractivity (Wildman–Crippen MR) is 129 cm³/mol. The Balaban J connectivity index is 1.83. The zero-order valence-corrected chi connectivity index (χ0v) is 20.7. The van der Waals surface area contributed by atoms with Crippen LogP contribution in [-0.2, 0) is 30.2 Å². The van der Waals surface area contributed by atoms with Crippen molar-refractivity contribution in [1.29, 1.82) is 0 Å². The molecular weight excluding hydrogens is 440 g/mol. The molecule has 2 atom stereocenters. The normalized spacial score (nSPS) is 20.3. The van der Waals surface area contributed by atoms with Crippen LogP contribution in [0, 0.1) is 13.8 Å². The number of carbonyl (C=O) groups excluding carboxylic acids is 2. The first-order valence-corrected chi connectivity index (χ1v) is 12.0. The fourth-order valence-electron chi connectivity index (χ4n) is 4.58.